The molecule has 3 rings (SSSR count). The summed E-state index contributed by atoms with van der Waals surface area (Å²) in [5.74, 6) is 0.947. The summed E-state index contributed by atoms with van der Waals surface area (Å²) >= 11 is 1.31. The number of imide groups is 1. The number of carbonyl (C=O) groups is 2. The van der Waals surface area contributed by atoms with E-state index < -0.39 is 0 Å². The number of carbonyl (C=O) groups excluding carboxylic acids is 2. The van der Waals surface area contributed by atoms with Gasteiger partial charge in [0.05, 0.1) is 5.75 Å². The van der Waals surface area contributed by atoms with Crippen molar-refractivity contribution in [2.75, 3.05) is 5.75 Å². The minimum atomic E-state index is -0.378. The molecule has 1 aromatic carbocycles. The highest BCUT2D eigenvalue weighted by molar-refractivity contribution is 7.99. The molecule has 0 saturated heterocycles. The number of benzene rings is 1. The van der Waals surface area contributed by atoms with Crippen molar-refractivity contribution in [3.63, 3.8) is 0 Å². The van der Waals surface area contributed by atoms with E-state index in [2.05, 4.69) is 40.9 Å². The van der Waals surface area contributed by atoms with Crippen LogP contribution in [0.15, 0.2) is 29.4 Å². The zero-order valence-corrected chi connectivity index (χ0v) is 17.1. The molecular formula is C20H26N4O2S. The second kappa shape index (κ2) is 7.84. The van der Waals surface area contributed by atoms with Gasteiger partial charge in [0, 0.05) is 18.0 Å². The Hall–Kier alpha value is -2.15. The summed E-state index contributed by atoms with van der Waals surface area (Å²) in [6.45, 7) is 9.18. The van der Waals surface area contributed by atoms with Crippen LogP contribution < -0.4 is 5.32 Å². The smallest absolute Gasteiger partial charge is 0.257 e. The summed E-state index contributed by atoms with van der Waals surface area (Å²) in [6, 6.07) is 7.37. The van der Waals surface area contributed by atoms with Crippen molar-refractivity contribution in [2.45, 2.75) is 63.6 Å². The fourth-order valence-electron chi connectivity index (χ4n) is 2.83. The van der Waals surface area contributed by atoms with Gasteiger partial charge in [0.1, 0.15) is 5.82 Å². The third kappa shape index (κ3) is 4.77. The second-order valence-corrected chi connectivity index (χ2v) is 8.80. The van der Waals surface area contributed by atoms with Crippen molar-refractivity contribution < 1.29 is 9.59 Å². The number of thioether (sulfide) groups is 1. The average molecular weight is 387 g/mol. The molecule has 1 fully saturated rings. The predicted molar refractivity (Wildman–Crippen MR) is 106 cm³/mol. The lowest BCUT2D eigenvalue weighted by molar-refractivity contribution is -0.117. The summed E-state index contributed by atoms with van der Waals surface area (Å²) in [5, 5.41) is 11.6. The van der Waals surface area contributed by atoms with Gasteiger partial charge in [0.15, 0.2) is 5.16 Å². The first-order valence-electron chi connectivity index (χ1n) is 9.30. The largest absolute Gasteiger partial charge is 0.306 e. The van der Waals surface area contributed by atoms with E-state index in [1.54, 1.807) is 12.1 Å². The van der Waals surface area contributed by atoms with Gasteiger partial charge in [0.25, 0.3) is 5.91 Å². The first kappa shape index (κ1) is 19.6. The highest BCUT2D eigenvalue weighted by Crippen LogP contribution is 2.39. The van der Waals surface area contributed by atoms with Crippen molar-refractivity contribution in [3.8, 4) is 0 Å². The van der Waals surface area contributed by atoms with Crippen LogP contribution in [0.2, 0.25) is 0 Å². The van der Waals surface area contributed by atoms with Crippen molar-refractivity contribution in [1.82, 2.24) is 20.1 Å². The maximum absolute atomic E-state index is 12.3. The van der Waals surface area contributed by atoms with E-state index in [4.69, 9.17) is 0 Å². The zero-order chi connectivity index (χ0) is 19.6. The van der Waals surface area contributed by atoms with Crippen LogP contribution in [0.4, 0.5) is 0 Å². The molecule has 144 valence electrons. The lowest BCUT2D eigenvalue weighted by Crippen LogP contribution is -2.32. The molecule has 1 aliphatic carbocycles. The molecule has 0 radical (unpaired) electrons. The maximum Gasteiger partial charge on any atom is 0.257 e. The van der Waals surface area contributed by atoms with Crippen LogP contribution in [0.1, 0.15) is 68.2 Å². The Bertz CT molecular complexity index is 833. The van der Waals surface area contributed by atoms with Crippen LogP contribution in [0, 0.1) is 0 Å². The molecule has 7 heteroatoms. The first-order valence-corrected chi connectivity index (χ1v) is 10.3. The predicted octanol–water partition coefficient (Wildman–Crippen LogP) is 3.52. The van der Waals surface area contributed by atoms with Gasteiger partial charge in [-0.05, 0) is 42.9 Å². The van der Waals surface area contributed by atoms with Gasteiger partial charge in [0.2, 0.25) is 5.91 Å². The van der Waals surface area contributed by atoms with E-state index in [-0.39, 0.29) is 23.0 Å². The van der Waals surface area contributed by atoms with Crippen molar-refractivity contribution >= 4 is 23.6 Å². The molecule has 0 unspecified atom stereocenters. The summed E-state index contributed by atoms with van der Waals surface area (Å²) in [7, 11) is 0. The van der Waals surface area contributed by atoms with Crippen molar-refractivity contribution in [2.24, 2.45) is 0 Å². The minimum Gasteiger partial charge on any atom is -0.306 e. The zero-order valence-electron chi connectivity index (χ0n) is 16.3. The SMILES string of the molecule is CCn1c(SCC(=O)NC(=O)c2ccc(C(C)(C)C)cc2)nnc1C1CC1. The lowest BCUT2D eigenvalue weighted by atomic mass is 9.87. The molecule has 0 bridgehead atoms. The summed E-state index contributed by atoms with van der Waals surface area (Å²) in [4.78, 5) is 24.4. The molecule has 1 aromatic heterocycles. The molecule has 27 heavy (non-hydrogen) atoms. The molecule has 1 saturated carbocycles. The van der Waals surface area contributed by atoms with Crippen LogP contribution >= 0.6 is 11.8 Å². The number of nitrogens with zero attached hydrogens (tertiary/aromatic N) is 3. The van der Waals surface area contributed by atoms with E-state index in [1.807, 2.05) is 19.1 Å². The first-order chi connectivity index (χ1) is 12.8. The normalized spacial score (nSPS) is 14.2. The highest BCUT2D eigenvalue weighted by Gasteiger charge is 2.30. The quantitative estimate of drug-likeness (QED) is 0.769. The van der Waals surface area contributed by atoms with Crippen LogP contribution in [-0.4, -0.2) is 32.3 Å². The highest BCUT2D eigenvalue weighted by atomic mass is 32.2. The molecule has 2 aromatic rings. The second-order valence-electron chi connectivity index (χ2n) is 7.85. The van der Waals surface area contributed by atoms with Crippen LogP contribution in [0.3, 0.4) is 0 Å². The van der Waals surface area contributed by atoms with Crippen molar-refractivity contribution in [3.05, 3.63) is 41.2 Å². The van der Waals surface area contributed by atoms with Crippen molar-refractivity contribution in [1.29, 1.82) is 0 Å². The van der Waals surface area contributed by atoms with Crippen LogP contribution in [-0.2, 0) is 16.8 Å². The van der Waals surface area contributed by atoms with Crippen LogP contribution in [0.25, 0.3) is 0 Å². The molecule has 0 atom stereocenters. The number of hydrogen-bond acceptors (Lipinski definition) is 5. The van der Waals surface area contributed by atoms with Gasteiger partial charge >= 0.3 is 0 Å². The van der Waals surface area contributed by atoms with E-state index in [1.165, 1.54) is 11.8 Å². The molecule has 1 heterocycles. The molecular weight excluding hydrogens is 360 g/mol. The van der Waals surface area contributed by atoms with E-state index in [0.717, 1.165) is 35.9 Å². The Morgan fingerprint density at radius 2 is 1.85 bits per heavy atom. The van der Waals surface area contributed by atoms with Gasteiger partial charge in [-0.3, -0.25) is 14.9 Å². The third-order valence-corrected chi connectivity index (χ3v) is 5.57. The summed E-state index contributed by atoms with van der Waals surface area (Å²) in [6.07, 6.45) is 2.32. The molecule has 0 spiro atoms. The monoisotopic (exact) mass is 386 g/mol. The number of nitrogens with one attached hydrogen (secondary N) is 1. The number of amides is 2. The third-order valence-electron chi connectivity index (χ3n) is 4.60. The number of hydrogen-bond donors (Lipinski definition) is 1. The van der Waals surface area contributed by atoms with Gasteiger partial charge < -0.3 is 4.57 Å². The number of rotatable bonds is 6. The van der Waals surface area contributed by atoms with Gasteiger partial charge in [-0.25, -0.2) is 0 Å². The van der Waals surface area contributed by atoms with E-state index in [9.17, 15) is 9.59 Å². The Kier molecular flexibility index (Phi) is 5.69. The fraction of sp³-hybridized carbons (Fsp3) is 0.500. The maximum atomic E-state index is 12.3. The molecule has 6 nitrogen and oxygen atoms in total. The van der Waals surface area contributed by atoms with Gasteiger partial charge in [-0.2, -0.15) is 0 Å². The van der Waals surface area contributed by atoms with Gasteiger partial charge in [-0.1, -0.05) is 44.7 Å². The van der Waals surface area contributed by atoms with Crippen LogP contribution in [0.5, 0.6) is 0 Å². The molecule has 0 aliphatic heterocycles. The molecule has 2 amide bonds. The lowest BCUT2D eigenvalue weighted by Gasteiger charge is -2.18. The minimum absolute atomic E-state index is 0.0238. The number of aromatic nitrogens is 3. The summed E-state index contributed by atoms with van der Waals surface area (Å²) < 4.78 is 2.06. The Morgan fingerprint density at radius 3 is 2.41 bits per heavy atom. The Balaban J connectivity index is 1.55. The molecule has 1 N–H and O–H groups in total. The Labute approximate surface area is 164 Å². The van der Waals surface area contributed by atoms with E-state index >= 15 is 0 Å². The molecule has 1 aliphatic rings. The Morgan fingerprint density at radius 1 is 1.19 bits per heavy atom. The topological polar surface area (TPSA) is 76.9 Å². The van der Waals surface area contributed by atoms with Gasteiger partial charge in [-0.15, -0.1) is 10.2 Å². The standard InChI is InChI=1S/C20H26N4O2S/c1-5-24-17(13-6-7-13)22-23-19(24)27-12-16(25)21-18(26)14-8-10-15(11-9-14)20(2,3)4/h8-11,13H,5-7,12H2,1-4H3,(H,21,25,26). The average Bonchev–Trinajstić information content (AvgIpc) is 3.39. The summed E-state index contributed by atoms with van der Waals surface area (Å²) in [5.41, 5.74) is 1.65. The van der Waals surface area contributed by atoms with E-state index in [0.29, 0.717) is 11.5 Å². The fourth-order valence-corrected chi connectivity index (χ4v) is 3.64.